The number of amides is 3. The highest BCUT2D eigenvalue weighted by molar-refractivity contribution is 5.97. The molecule has 1 aliphatic rings. The van der Waals surface area contributed by atoms with Crippen molar-refractivity contribution in [3.63, 3.8) is 0 Å². The molecule has 21 heavy (non-hydrogen) atoms. The molecule has 1 heterocycles. The second kappa shape index (κ2) is 6.39. The van der Waals surface area contributed by atoms with E-state index in [1.165, 1.54) is 12.1 Å². The maximum Gasteiger partial charge on any atom is 0.248 e. The number of hydrogen-bond donors (Lipinski definition) is 2. The summed E-state index contributed by atoms with van der Waals surface area (Å²) in [7, 11) is 0. The topological polar surface area (TPSA) is 106 Å². The van der Waals surface area contributed by atoms with Crippen molar-refractivity contribution < 1.29 is 14.4 Å². The molecule has 1 saturated heterocycles. The summed E-state index contributed by atoms with van der Waals surface area (Å²) in [5.74, 6) is -0.892. The van der Waals surface area contributed by atoms with Crippen LogP contribution >= 0.6 is 0 Å². The van der Waals surface area contributed by atoms with E-state index in [0.29, 0.717) is 42.5 Å². The van der Waals surface area contributed by atoms with Gasteiger partial charge < -0.3 is 16.4 Å². The fourth-order valence-electron chi connectivity index (χ4n) is 2.60. The van der Waals surface area contributed by atoms with Crippen LogP contribution in [-0.2, 0) is 11.2 Å². The van der Waals surface area contributed by atoms with E-state index in [9.17, 15) is 14.4 Å². The summed E-state index contributed by atoms with van der Waals surface area (Å²) in [5, 5.41) is 0. The fraction of sp³-hybridized carbons (Fsp3) is 0.400. The summed E-state index contributed by atoms with van der Waals surface area (Å²) in [6.07, 6.45) is 2.81. The summed E-state index contributed by atoms with van der Waals surface area (Å²) in [4.78, 5) is 36.0. The van der Waals surface area contributed by atoms with Crippen molar-refractivity contribution >= 4 is 17.7 Å². The molecule has 3 amide bonds. The lowest BCUT2D eigenvalue weighted by Gasteiger charge is -2.15. The van der Waals surface area contributed by atoms with Gasteiger partial charge >= 0.3 is 0 Å². The zero-order chi connectivity index (χ0) is 15.4. The van der Waals surface area contributed by atoms with Crippen LogP contribution < -0.4 is 11.5 Å². The number of likely N-dealkylation sites (tertiary alicyclic amines) is 1. The standard InChI is InChI=1S/C15H19N3O3/c16-14(20)11-5-6-12(15(17)21)10(9-11)3-1-7-18-8-2-4-13(18)19/h5-6,9H,1-4,7-8H2,(H2,16,20)(H2,17,21). The van der Waals surface area contributed by atoms with Gasteiger partial charge in [-0.15, -0.1) is 0 Å². The third-order valence-electron chi connectivity index (χ3n) is 3.70. The fourth-order valence-corrected chi connectivity index (χ4v) is 2.60. The van der Waals surface area contributed by atoms with E-state index in [1.54, 1.807) is 6.07 Å². The average molecular weight is 289 g/mol. The number of nitrogens with two attached hydrogens (primary N) is 2. The van der Waals surface area contributed by atoms with Crippen LogP contribution in [0.15, 0.2) is 18.2 Å². The van der Waals surface area contributed by atoms with Crippen LogP contribution in [0.1, 0.15) is 45.5 Å². The van der Waals surface area contributed by atoms with Crippen LogP contribution in [0.2, 0.25) is 0 Å². The third kappa shape index (κ3) is 3.59. The molecule has 0 radical (unpaired) electrons. The molecule has 2 rings (SSSR count). The summed E-state index contributed by atoms with van der Waals surface area (Å²) < 4.78 is 0. The molecule has 1 aromatic rings. The molecule has 6 nitrogen and oxygen atoms in total. The number of carbonyl (C=O) groups excluding carboxylic acids is 3. The lowest BCUT2D eigenvalue weighted by atomic mass is 9.99. The lowest BCUT2D eigenvalue weighted by molar-refractivity contribution is -0.127. The lowest BCUT2D eigenvalue weighted by Crippen LogP contribution is -2.26. The molecule has 1 aromatic carbocycles. The molecule has 0 saturated carbocycles. The van der Waals surface area contributed by atoms with Crippen LogP contribution in [0.5, 0.6) is 0 Å². The normalized spacial score (nSPS) is 14.5. The summed E-state index contributed by atoms with van der Waals surface area (Å²) in [5.41, 5.74) is 12.0. The van der Waals surface area contributed by atoms with Crippen molar-refractivity contribution in [1.82, 2.24) is 4.90 Å². The second-order valence-electron chi connectivity index (χ2n) is 5.19. The van der Waals surface area contributed by atoms with Crippen LogP contribution in [0.3, 0.4) is 0 Å². The summed E-state index contributed by atoms with van der Waals surface area (Å²) >= 11 is 0. The van der Waals surface area contributed by atoms with Gasteiger partial charge in [-0.3, -0.25) is 14.4 Å². The summed E-state index contributed by atoms with van der Waals surface area (Å²) in [6.45, 7) is 1.45. The minimum absolute atomic E-state index is 0.177. The number of carbonyl (C=O) groups is 3. The first-order valence-corrected chi connectivity index (χ1v) is 6.99. The highest BCUT2D eigenvalue weighted by atomic mass is 16.2. The number of hydrogen-bond acceptors (Lipinski definition) is 3. The maximum atomic E-state index is 11.5. The zero-order valence-corrected chi connectivity index (χ0v) is 11.8. The van der Waals surface area contributed by atoms with E-state index >= 15 is 0 Å². The Morgan fingerprint density at radius 3 is 2.52 bits per heavy atom. The van der Waals surface area contributed by atoms with Gasteiger partial charge in [0.25, 0.3) is 0 Å². The smallest absolute Gasteiger partial charge is 0.248 e. The number of benzene rings is 1. The first-order chi connectivity index (χ1) is 9.99. The highest BCUT2D eigenvalue weighted by Crippen LogP contribution is 2.16. The number of aryl methyl sites for hydroxylation is 1. The largest absolute Gasteiger partial charge is 0.366 e. The molecule has 0 spiro atoms. The van der Waals surface area contributed by atoms with E-state index in [0.717, 1.165) is 13.0 Å². The van der Waals surface area contributed by atoms with E-state index in [4.69, 9.17) is 11.5 Å². The zero-order valence-electron chi connectivity index (χ0n) is 11.8. The molecule has 0 unspecified atom stereocenters. The molecule has 112 valence electrons. The minimum atomic E-state index is -0.540. The van der Waals surface area contributed by atoms with Crippen LogP contribution in [0.4, 0.5) is 0 Å². The van der Waals surface area contributed by atoms with Crippen molar-refractivity contribution in [1.29, 1.82) is 0 Å². The molecular weight excluding hydrogens is 270 g/mol. The Morgan fingerprint density at radius 2 is 1.95 bits per heavy atom. The molecule has 0 atom stereocenters. The SMILES string of the molecule is NC(=O)c1ccc(C(N)=O)c(CCCN2CCCC2=O)c1. The molecule has 4 N–H and O–H groups in total. The number of rotatable bonds is 6. The first kappa shape index (κ1) is 15.0. The molecular formula is C15H19N3O3. The number of primary amides is 2. The molecule has 0 bridgehead atoms. The highest BCUT2D eigenvalue weighted by Gasteiger charge is 2.19. The van der Waals surface area contributed by atoms with Gasteiger partial charge in [-0.05, 0) is 43.0 Å². The maximum absolute atomic E-state index is 11.5. The van der Waals surface area contributed by atoms with Crippen molar-refractivity contribution in [3.05, 3.63) is 34.9 Å². The second-order valence-corrected chi connectivity index (χ2v) is 5.19. The Hall–Kier alpha value is -2.37. The van der Waals surface area contributed by atoms with Gasteiger partial charge in [-0.25, -0.2) is 0 Å². The average Bonchev–Trinajstić information content (AvgIpc) is 2.84. The first-order valence-electron chi connectivity index (χ1n) is 6.99. The van der Waals surface area contributed by atoms with Gasteiger partial charge in [0, 0.05) is 30.6 Å². The Balaban J connectivity index is 2.06. The van der Waals surface area contributed by atoms with Gasteiger partial charge in [0.2, 0.25) is 17.7 Å². The Morgan fingerprint density at radius 1 is 1.19 bits per heavy atom. The van der Waals surface area contributed by atoms with Gasteiger partial charge in [0.05, 0.1) is 0 Å². The summed E-state index contributed by atoms with van der Waals surface area (Å²) in [6, 6.07) is 4.63. The van der Waals surface area contributed by atoms with Crippen molar-refractivity contribution in [2.75, 3.05) is 13.1 Å². The van der Waals surface area contributed by atoms with E-state index in [-0.39, 0.29) is 5.91 Å². The van der Waals surface area contributed by atoms with Gasteiger partial charge in [-0.2, -0.15) is 0 Å². The van der Waals surface area contributed by atoms with E-state index in [2.05, 4.69) is 0 Å². The molecule has 0 aliphatic carbocycles. The van der Waals surface area contributed by atoms with Gasteiger partial charge in [0.15, 0.2) is 0 Å². The molecule has 1 aliphatic heterocycles. The Kier molecular flexibility index (Phi) is 4.57. The van der Waals surface area contributed by atoms with E-state index in [1.807, 2.05) is 4.90 Å². The van der Waals surface area contributed by atoms with Crippen LogP contribution in [-0.4, -0.2) is 35.7 Å². The predicted octanol–water partition coefficient (Wildman–Crippen LogP) is 0.439. The quantitative estimate of drug-likeness (QED) is 0.793. The van der Waals surface area contributed by atoms with Crippen LogP contribution in [0, 0.1) is 0 Å². The molecule has 0 aromatic heterocycles. The van der Waals surface area contributed by atoms with Gasteiger partial charge in [0.1, 0.15) is 0 Å². The Labute approximate surface area is 123 Å². The predicted molar refractivity (Wildman–Crippen MR) is 77.6 cm³/mol. The van der Waals surface area contributed by atoms with Crippen molar-refractivity contribution in [2.45, 2.75) is 25.7 Å². The Bertz CT molecular complexity index is 584. The minimum Gasteiger partial charge on any atom is -0.366 e. The van der Waals surface area contributed by atoms with Crippen LogP contribution in [0.25, 0.3) is 0 Å². The third-order valence-corrected chi connectivity index (χ3v) is 3.70. The van der Waals surface area contributed by atoms with E-state index < -0.39 is 11.8 Å². The van der Waals surface area contributed by atoms with Gasteiger partial charge in [-0.1, -0.05) is 0 Å². The number of nitrogens with zero attached hydrogens (tertiary/aromatic N) is 1. The molecule has 1 fully saturated rings. The van der Waals surface area contributed by atoms with Crippen molar-refractivity contribution in [3.8, 4) is 0 Å². The molecule has 6 heteroatoms. The monoisotopic (exact) mass is 289 g/mol. The van der Waals surface area contributed by atoms with Crippen molar-refractivity contribution in [2.24, 2.45) is 11.5 Å².